The molecule has 0 amide bonds. The smallest absolute Gasteiger partial charge is 0.164 e. The molecular weight excluding hydrogens is 136 g/mol. The van der Waals surface area contributed by atoms with E-state index in [1.54, 1.807) is 0 Å². The molecule has 9 heavy (non-hydrogen) atoms. The van der Waals surface area contributed by atoms with Crippen molar-refractivity contribution in [3.8, 4) is 0 Å². The largest absolute Gasteiger partial charge is 0.471 e. The van der Waals surface area contributed by atoms with Gasteiger partial charge >= 0.3 is 0 Å². The molecule has 0 saturated carbocycles. The van der Waals surface area contributed by atoms with Crippen molar-refractivity contribution in [2.75, 3.05) is 0 Å². The molecule has 0 aliphatic rings. The fourth-order valence-electron chi connectivity index (χ4n) is 0.554. The average Bonchev–Trinajstić information content (AvgIpc) is 2.13. The van der Waals surface area contributed by atoms with Crippen molar-refractivity contribution < 1.29 is 9.21 Å². The van der Waals surface area contributed by atoms with Gasteiger partial charge in [0.2, 0.25) is 0 Å². The van der Waals surface area contributed by atoms with Gasteiger partial charge in [0.25, 0.3) is 0 Å². The van der Waals surface area contributed by atoms with Gasteiger partial charge in [0, 0.05) is 0 Å². The summed E-state index contributed by atoms with van der Waals surface area (Å²) in [5, 5.41) is 0. The van der Waals surface area contributed by atoms with Crippen molar-refractivity contribution in [3.63, 3.8) is 0 Å². The van der Waals surface area contributed by atoms with E-state index in [-0.39, 0.29) is 5.78 Å². The molecule has 0 atom stereocenters. The van der Waals surface area contributed by atoms with Gasteiger partial charge in [-0.25, -0.2) is 0 Å². The summed E-state index contributed by atoms with van der Waals surface area (Å²) in [5.41, 5.74) is 0.540. The number of carbonyl (C=O) groups excluding carboxylic acids is 1. The Morgan fingerprint density at radius 1 is 1.67 bits per heavy atom. The number of ketones is 1. The van der Waals surface area contributed by atoms with E-state index in [9.17, 15) is 4.79 Å². The van der Waals surface area contributed by atoms with Crippen molar-refractivity contribution in [1.29, 1.82) is 0 Å². The number of hydrogen-bond acceptors (Lipinski definition) is 3. The van der Waals surface area contributed by atoms with Crippen LogP contribution in [-0.2, 0) is 0 Å². The second kappa shape index (κ2) is 2.27. The Hall–Kier alpha value is -0.700. The fourth-order valence-corrected chi connectivity index (χ4v) is 0.825. The van der Waals surface area contributed by atoms with Gasteiger partial charge in [0.05, 0.1) is 10.5 Å². The third kappa shape index (κ3) is 1.16. The van der Waals surface area contributed by atoms with Gasteiger partial charge in [-0.05, 0) is 6.92 Å². The number of furan rings is 1. The Morgan fingerprint density at radius 2 is 2.33 bits per heavy atom. The molecule has 0 aromatic carbocycles. The predicted molar refractivity (Wildman–Crippen MR) is 36.0 cm³/mol. The first-order valence-electron chi connectivity index (χ1n) is 2.48. The van der Waals surface area contributed by atoms with E-state index in [1.165, 1.54) is 19.5 Å². The van der Waals surface area contributed by atoms with Gasteiger partial charge in [0.15, 0.2) is 5.78 Å². The Balaban J connectivity index is 3.08. The highest BCUT2D eigenvalue weighted by Crippen LogP contribution is 2.14. The molecule has 0 spiro atoms. The molecule has 0 aliphatic heterocycles. The number of hydrogen-bond donors (Lipinski definition) is 1. The molecule has 0 saturated heterocycles. The lowest BCUT2D eigenvalue weighted by Crippen LogP contribution is -1.87. The highest BCUT2D eigenvalue weighted by molar-refractivity contribution is 7.80. The number of Topliss-reactive ketones (excluding diaryl/α,β-unsaturated/α-hetero) is 1. The van der Waals surface area contributed by atoms with Gasteiger partial charge in [-0.15, -0.1) is 12.6 Å². The zero-order chi connectivity index (χ0) is 6.85. The molecular formula is C6H6O2S. The Morgan fingerprint density at radius 3 is 2.56 bits per heavy atom. The van der Waals surface area contributed by atoms with Crippen LogP contribution in [0.5, 0.6) is 0 Å². The third-order valence-corrected chi connectivity index (χ3v) is 1.37. The summed E-state index contributed by atoms with van der Waals surface area (Å²) in [4.78, 5) is 11.2. The summed E-state index contributed by atoms with van der Waals surface area (Å²) in [7, 11) is 0. The first-order chi connectivity index (χ1) is 4.22. The summed E-state index contributed by atoms with van der Waals surface area (Å²) in [6.07, 6.45) is 2.82. The summed E-state index contributed by atoms with van der Waals surface area (Å²) >= 11 is 3.97. The molecule has 0 aliphatic carbocycles. The van der Waals surface area contributed by atoms with Crippen LogP contribution in [0, 0.1) is 0 Å². The van der Waals surface area contributed by atoms with Crippen molar-refractivity contribution in [3.05, 3.63) is 18.1 Å². The Bertz CT molecular complexity index is 227. The fraction of sp³-hybridized carbons (Fsp3) is 0.167. The molecule has 0 fully saturated rings. The van der Waals surface area contributed by atoms with Crippen LogP contribution >= 0.6 is 12.6 Å². The molecule has 1 rings (SSSR count). The number of rotatable bonds is 1. The Labute approximate surface area is 58.3 Å². The van der Waals surface area contributed by atoms with Crippen molar-refractivity contribution in [1.82, 2.24) is 0 Å². The summed E-state index contributed by atoms with van der Waals surface area (Å²) < 4.78 is 4.71. The summed E-state index contributed by atoms with van der Waals surface area (Å²) in [5.74, 6) is -0.0197. The lowest BCUT2D eigenvalue weighted by Gasteiger charge is -1.84. The maximum Gasteiger partial charge on any atom is 0.164 e. The summed E-state index contributed by atoms with van der Waals surface area (Å²) in [6, 6.07) is 0. The van der Waals surface area contributed by atoms with E-state index in [1.807, 2.05) is 0 Å². The van der Waals surface area contributed by atoms with Gasteiger partial charge in [-0.3, -0.25) is 4.79 Å². The zero-order valence-electron chi connectivity index (χ0n) is 4.92. The number of carbonyl (C=O) groups is 1. The van der Waals surface area contributed by atoms with Gasteiger partial charge in [-0.2, -0.15) is 0 Å². The molecule has 0 unspecified atom stereocenters. The van der Waals surface area contributed by atoms with Crippen LogP contribution in [0.3, 0.4) is 0 Å². The lowest BCUT2D eigenvalue weighted by molar-refractivity contribution is 0.101. The highest BCUT2D eigenvalue weighted by Gasteiger charge is 2.04. The standard InChI is InChI=1S/C6H6O2S/c1-4(7)5-2-8-3-6(5)9/h2-3,9H,1H3. The maximum absolute atomic E-state index is 10.6. The molecule has 1 aromatic heterocycles. The zero-order valence-corrected chi connectivity index (χ0v) is 5.81. The second-order valence-electron chi connectivity index (χ2n) is 1.73. The van der Waals surface area contributed by atoms with Crippen LogP contribution in [0.1, 0.15) is 17.3 Å². The minimum Gasteiger partial charge on any atom is -0.471 e. The van der Waals surface area contributed by atoms with Crippen LogP contribution in [-0.4, -0.2) is 5.78 Å². The molecule has 1 heterocycles. The van der Waals surface area contributed by atoms with Gasteiger partial charge in [0.1, 0.15) is 12.5 Å². The average molecular weight is 142 g/mol. The minimum absolute atomic E-state index is 0.0197. The first-order valence-corrected chi connectivity index (χ1v) is 2.92. The van der Waals surface area contributed by atoms with Crippen molar-refractivity contribution in [2.45, 2.75) is 11.8 Å². The van der Waals surface area contributed by atoms with Crippen LogP contribution in [0.2, 0.25) is 0 Å². The van der Waals surface area contributed by atoms with Gasteiger partial charge < -0.3 is 4.42 Å². The normalized spacial score (nSPS) is 9.56. The minimum atomic E-state index is -0.0197. The molecule has 1 aromatic rings. The van der Waals surface area contributed by atoms with Gasteiger partial charge in [-0.1, -0.05) is 0 Å². The van der Waals surface area contributed by atoms with Crippen LogP contribution < -0.4 is 0 Å². The summed E-state index contributed by atoms with van der Waals surface area (Å²) in [6.45, 7) is 1.48. The quantitative estimate of drug-likeness (QED) is 0.478. The van der Waals surface area contributed by atoms with Crippen molar-refractivity contribution >= 4 is 18.4 Å². The van der Waals surface area contributed by atoms with E-state index >= 15 is 0 Å². The SMILES string of the molecule is CC(=O)c1cocc1S. The van der Waals surface area contributed by atoms with Crippen LogP contribution in [0.4, 0.5) is 0 Å². The lowest BCUT2D eigenvalue weighted by atomic mass is 10.2. The maximum atomic E-state index is 10.6. The van der Waals surface area contributed by atoms with E-state index in [0.717, 1.165) is 0 Å². The van der Waals surface area contributed by atoms with Crippen LogP contribution in [0.15, 0.2) is 21.8 Å². The van der Waals surface area contributed by atoms with Crippen LogP contribution in [0.25, 0.3) is 0 Å². The molecule has 0 bridgehead atoms. The number of thiol groups is 1. The monoisotopic (exact) mass is 142 g/mol. The van der Waals surface area contributed by atoms with E-state index < -0.39 is 0 Å². The van der Waals surface area contributed by atoms with E-state index in [0.29, 0.717) is 10.5 Å². The highest BCUT2D eigenvalue weighted by atomic mass is 32.1. The molecule has 0 N–H and O–H groups in total. The molecule has 0 radical (unpaired) electrons. The molecule has 2 nitrogen and oxygen atoms in total. The third-order valence-electron chi connectivity index (χ3n) is 1.02. The van der Waals surface area contributed by atoms with E-state index in [2.05, 4.69) is 12.6 Å². The Kier molecular flexibility index (Phi) is 1.62. The molecule has 48 valence electrons. The van der Waals surface area contributed by atoms with Crippen molar-refractivity contribution in [2.24, 2.45) is 0 Å². The molecule has 3 heteroatoms. The predicted octanol–water partition coefficient (Wildman–Crippen LogP) is 1.77. The first kappa shape index (κ1) is 6.42. The second-order valence-corrected chi connectivity index (χ2v) is 2.21. The topological polar surface area (TPSA) is 30.2 Å². The van der Waals surface area contributed by atoms with E-state index in [4.69, 9.17) is 4.42 Å².